The molecule has 27 heavy (non-hydrogen) atoms. The quantitative estimate of drug-likeness (QED) is 0.571. The van der Waals surface area contributed by atoms with E-state index in [1.807, 2.05) is 47.6 Å². The number of hydrogen-bond acceptors (Lipinski definition) is 7. The Morgan fingerprint density at radius 1 is 1.33 bits per heavy atom. The third kappa shape index (κ3) is 3.15. The van der Waals surface area contributed by atoms with E-state index in [1.165, 1.54) is 0 Å². The van der Waals surface area contributed by atoms with Gasteiger partial charge in [0, 0.05) is 25.9 Å². The number of hydrogen-bond donors (Lipinski definition) is 1. The summed E-state index contributed by atoms with van der Waals surface area (Å²) in [6.07, 6.45) is 6.56. The van der Waals surface area contributed by atoms with Crippen molar-refractivity contribution in [3.63, 3.8) is 0 Å². The van der Waals surface area contributed by atoms with Crippen molar-refractivity contribution in [2.75, 3.05) is 18.5 Å². The molecular formula is C18H18N6O2S. The molecule has 1 aliphatic heterocycles. The van der Waals surface area contributed by atoms with Crippen LogP contribution >= 0.6 is 11.3 Å². The molecule has 5 rings (SSSR count). The number of aryl methyl sites for hydroxylation is 1. The summed E-state index contributed by atoms with van der Waals surface area (Å²) in [5.41, 5.74) is 2.57. The highest BCUT2D eigenvalue weighted by molar-refractivity contribution is 7.14. The van der Waals surface area contributed by atoms with Crippen LogP contribution in [0.25, 0.3) is 16.7 Å². The predicted molar refractivity (Wildman–Crippen MR) is 103 cm³/mol. The van der Waals surface area contributed by atoms with Crippen LogP contribution in [-0.4, -0.2) is 43.6 Å². The largest absolute Gasteiger partial charge is 0.470 e. The zero-order valence-electron chi connectivity index (χ0n) is 14.7. The Morgan fingerprint density at radius 3 is 3.04 bits per heavy atom. The van der Waals surface area contributed by atoms with Crippen LogP contribution in [0.15, 0.2) is 42.2 Å². The lowest BCUT2D eigenvalue weighted by Gasteiger charge is -2.14. The molecule has 1 N–H and O–H groups in total. The van der Waals surface area contributed by atoms with Crippen LogP contribution < -0.4 is 10.1 Å². The third-order valence-corrected chi connectivity index (χ3v) is 5.18. The normalized spacial score (nSPS) is 16.9. The highest BCUT2D eigenvalue weighted by Crippen LogP contribution is 2.31. The standard InChI is InChI=1S/C18H18N6O2S/c1-23-10-12(9-19-23)24-6-4-14-16(24)17(26-13-5-7-25-11-13)22-18(20-14)21-15-3-2-8-27-15/h2-4,6,8-10,13H,5,7,11H2,1H3,(H,20,21,22)/t13-/m0/s1. The van der Waals surface area contributed by atoms with E-state index in [4.69, 9.17) is 9.47 Å². The van der Waals surface area contributed by atoms with Crippen molar-refractivity contribution in [1.82, 2.24) is 24.3 Å². The van der Waals surface area contributed by atoms with Crippen molar-refractivity contribution in [2.45, 2.75) is 12.5 Å². The maximum atomic E-state index is 6.21. The average molecular weight is 382 g/mol. The van der Waals surface area contributed by atoms with E-state index in [0.29, 0.717) is 25.0 Å². The van der Waals surface area contributed by atoms with E-state index < -0.39 is 0 Å². The van der Waals surface area contributed by atoms with Crippen LogP contribution in [0.4, 0.5) is 10.9 Å². The van der Waals surface area contributed by atoms with Crippen LogP contribution in [0.5, 0.6) is 5.88 Å². The Balaban J connectivity index is 1.61. The Labute approximate surface area is 159 Å². The van der Waals surface area contributed by atoms with Gasteiger partial charge in [0.05, 0.1) is 35.6 Å². The van der Waals surface area contributed by atoms with Gasteiger partial charge >= 0.3 is 0 Å². The highest BCUT2D eigenvalue weighted by Gasteiger charge is 2.22. The Hall–Kier alpha value is -2.91. The molecule has 0 bridgehead atoms. The molecule has 5 heterocycles. The molecule has 9 heteroatoms. The highest BCUT2D eigenvalue weighted by atomic mass is 32.1. The summed E-state index contributed by atoms with van der Waals surface area (Å²) < 4.78 is 15.4. The number of thiophene rings is 1. The van der Waals surface area contributed by atoms with E-state index >= 15 is 0 Å². The molecule has 0 radical (unpaired) electrons. The molecule has 0 aliphatic carbocycles. The second kappa shape index (κ2) is 6.67. The number of fused-ring (bicyclic) bond motifs is 1. The molecule has 1 saturated heterocycles. The van der Waals surface area contributed by atoms with Crippen molar-refractivity contribution in [3.8, 4) is 11.6 Å². The molecular weight excluding hydrogens is 364 g/mol. The van der Waals surface area contributed by atoms with Gasteiger partial charge < -0.3 is 19.4 Å². The molecule has 138 valence electrons. The van der Waals surface area contributed by atoms with Gasteiger partial charge in [-0.05, 0) is 23.6 Å². The number of aromatic nitrogens is 5. The van der Waals surface area contributed by atoms with Crippen LogP contribution in [0.1, 0.15) is 6.42 Å². The molecule has 0 aromatic carbocycles. The minimum atomic E-state index is -0.00469. The van der Waals surface area contributed by atoms with Gasteiger partial charge in [0.2, 0.25) is 11.8 Å². The number of nitrogens with zero attached hydrogens (tertiary/aromatic N) is 5. The first-order valence-corrected chi connectivity index (χ1v) is 9.57. The van der Waals surface area contributed by atoms with Gasteiger partial charge in [0.15, 0.2) is 0 Å². The predicted octanol–water partition coefficient (Wildman–Crippen LogP) is 3.13. The Kier molecular flexibility index (Phi) is 4.02. The second-order valence-corrected chi connectivity index (χ2v) is 7.30. The van der Waals surface area contributed by atoms with Crippen molar-refractivity contribution < 1.29 is 9.47 Å². The fourth-order valence-corrected chi connectivity index (χ4v) is 3.73. The lowest BCUT2D eigenvalue weighted by Crippen LogP contribution is -2.17. The number of ether oxygens (including phenoxy) is 2. The first-order chi connectivity index (χ1) is 13.3. The van der Waals surface area contributed by atoms with Gasteiger partial charge in [-0.15, -0.1) is 11.3 Å². The summed E-state index contributed by atoms with van der Waals surface area (Å²) in [7, 11) is 1.89. The number of nitrogens with one attached hydrogen (secondary N) is 1. The first-order valence-electron chi connectivity index (χ1n) is 8.69. The van der Waals surface area contributed by atoms with Crippen LogP contribution in [0, 0.1) is 0 Å². The fourth-order valence-electron chi connectivity index (χ4n) is 3.12. The SMILES string of the molecule is Cn1cc(-n2ccc3nc(Nc4cccs4)nc(O[C@H]4CCOC4)c32)cn1. The van der Waals surface area contributed by atoms with Crippen LogP contribution in [0.2, 0.25) is 0 Å². The summed E-state index contributed by atoms with van der Waals surface area (Å²) in [5, 5.41) is 10.5. The molecule has 0 unspecified atom stereocenters. The van der Waals surface area contributed by atoms with Gasteiger partial charge in [-0.1, -0.05) is 0 Å². The van der Waals surface area contributed by atoms with E-state index in [-0.39, 0.29) is 6.10 Å². The lowest BCUT2D eigenvalue weighted by atomic mass is 10.3. The molecule has 4 aromatic rings. The maximum absolute atomic E-state index is 6.21. The van der Waals surface area contributed by atoms with Gasteiger partial charge in [0.1, 0.15) is 11.6 Å². The molecule has 1 atom stereocenters. The summed E-state index contributed by atoms with van der Waals surface area (Å²) in [4.78, 5) is 9.33. The molecule has 0 saturated carbocycles. The molecule has 1 aliphatic rings. The first kappa shape index (κ1) is 16.3. The summed E-state index contributed by atoms with van der Waals surface area (Å²) in [6, 6.07) is 5.93. The zero-order chi connectivity index (χ0) is 18.2. The van der Waals surface area contributed by atoms with Gasteiger partial charge in [-0.25, -0.2) is 4.98 Å². The minimum Gasteiger partial charge on any atom is -0.470 e. The fraction of sp³-hybridized carbons (Fsp3) is 0.278. The zero-order valence-corrected chi connectivity index (χ0v) is 15.5. The van der Waals surface area contributed by atoms with Gasteiger partial charge in [-0.3, -0.25) is 4.68 Å². The smallest absolute Gasteiger partial charge is 0.244 e. The van der Waals surface area contributed by atoms with E-state index in [0.717, 1.165) is 28.1 Å². The summed E-state index contributed by atoms with van der Waals surface area (Å²) in [6.45, 7) is 1.29. The topological polar surface area (TPSA) is 79.0 Å². The van der Waals surface area contributed by atoms with E-state index in [1.54, 1.807) is 22.2 Å². The molecule has 0 amide bonds. The van der Waals surface area contributed by atoms with Crippen molar-refractivity contribution >= 4 is 33.3 Å². The Morgan fingerprint density at radius 2 is 2.30 bits per heavy atom. The van der Waals surface area contributed by atoms with Gasteiger partial charge in [-0.2, -0.15) is 10.1 Å². The maximum Gasteiger partial charge on any atom is 0.244 e. The molecule has 1 fully saturated rings. The number of anilines is 2. The van der Waals surface area contributed by atoms with Crippen LogP contribution in [0.3, 0.4) is 0 Å². The van der Waals surface area contributed by atoms with Crippen LogP contribution in [-0.2, 0) is 11.8 Å². The minimum absolute atomic E-state index is 0.00469. The summed E-state index contributed by atoms with van der Waals surface area (Å²) in [5.74, 6) is 1.06. The average Bonchev–Trinajstić information content (AvgIpc) is 3.41. The van der Waals surface area contributed by atoms with Crippen molar-refractivity contribution in [2.24, 2.45) is 7.05 Å². The lowest BCUT2D eigenvalue weighted by molar-refractivity contribution is 0.139. The summed E-state index contributed by atoms with van der Waals surface area (Å²) >= 11 is 1.60. The monoisotopic (exact) mass is 382 g/mol. The number of rotatable bonds is 5. The van der Waals surface area contributed by atoms with Crippen molar-refractivity contribution in [3.05, 3.63) is 42.2 Å². The van der Waals surface area contributed by atoms with Gasteiger partial charge in [0.25, 0.3) is 0 Å². The second-order valence-electron chi connectivity index (χ2n) is 6.35. The Bertz CT molecular complexity index is 1070. The van der Waals surface area contributed by atoms with Crippen molar-refractivity contribution in [1.29, 1.82) is 0 Å². The molecule has 0 spiro atoms. The van der Waals surface area contributed by atoms with E-state index in [9.17, 15) is 0 Å². The van der Waals surface area contributed by atoms with E-state index in [2.05, 4.69) is 20.4 Å². The molecule has 8 nitrogen and oxygen atoms in total. The molecule has 4 aromatic heterocycles. The third-order valence-electron chi connectivity index (χ3n) is 4.39.